The molecule has 0 spiro atoms. The Bertz CT molecular complexity index is 369. The Labute approximate surface area is 102 Å². The zero-order valence-electron chi connectivity index (χ0n) is 10.3. The normalized spacial score (nSPS) is 22.2. The molecule has 1 rings (SSSR count). The van der Waals surface area contributed by atoms with Crippen LogP contribution in [0, 0.1) is 5.92 Å². The number of carboxylic acid groups (broad SMARTS) is 1. The number of carboxylic acids is 1. The van der Waals surface area contributed by atoms with Crippen LogP contribution in [0.25, 0.3) is 0 Å². The van der Waals surface area contributed by atoms with Crippen LogP contribution in [-0.2, 0) is 14.8 Å². The molecule has 100 valence electrons. The first-order valence-electron chi connectivity index (χ1n) is 5.65. The Balaban J connectivity index is 2.45. The lowest BCUT2D eigenvalue weighted by Crippen LogP contribution is -2.35. The highest BCUT2D eigenvalue weighted by molar-refractivity contribution is 7.89. The van der Waals surface area contributed by atoms with Gasteiger partial charge in [0.25, 0.3) is 0 Å². The van der Waals surface area contributed by atoms with Crippen molar-refractivity contribution < 1.29 is 18.3 Å². The molecule has 1 heterocycles. The van der Waals surface area contributed by atoms with Crippen molar-refractivity contribution in [3.63, 3.8) is 0 Å². The minimum Gasteiger partial charge on any atom is -0.481 e. The molecule has 7 heteroatoms. The van der Waals surface area contributed by atoms with Crippen LogP contribution >= 0.6 is 0 Å². The summed E-state index contributed by atoms with van der Waals surface area (Å²) in [5.74, 6) is -1.05. The molecule has 1 unspecified atom stereocenters. The smallest absolute Gasteiger partial charge is 0.304 e. The molecule has 1 aliphatic rings. The van der Waals surface area contributed by atoms with Gasteiger partial charge in [-0.3, -0.25) is 4.79 Å². The molecule has 0 radical (unpaired) electrons. The van der Waals surface area contributed by atoms with Crippen molar-refractivity contribution in [2.75, 3.05) is 39.5 Å². The molecule has 6 nitrogen and oxygen atoms in total. The molecule has 0 aliphatic carbocycles. The third-order valence-electron chi connectivity index (χ3n) is 3.05. The lowest BCUT2D eigenvalue weighted by Gasteiger charge is -2.20. The second kappa shape index (κ2) is 5.79. The molecule has 1 saturated heterocycles. The number of hydrogen-bond donors (Lipinski definition) is 1. The van der Waals surface area contributed by atoms with Gasteiger partial charge >= 0.3 is 5.97 Å². The molecule has 0 aromatic rings. The minimum absolute atomic E-state index is 0.318. The van der Waals surface area contributed by atoms with Gasteiger partial charge in [0.15, 0.2) is 0 Å². The van der Waals surface area contributed by atoms with E-state index in [0.29, 0.717) is 12.5 Å². The van der Waals surface area contributed by atoms with Gasteiger partial charge in [0.2, 0.25) is 10.0 Å². The molecule has 1 atom stereocenters. The minimum atomic E-state index is -3.43. The maximum absolute atomic E-state index is 11.8. The van der Waals surface area contributed by atoms with E-state index >= 15 is 0 Å². The van der Waals surface area contributed by atoms with Crippen molar-refractivity contribution in [3.05, 3.63) is 0 Å². The number of carbonyl (C=O) groups is 1. The standard InChI is InChI=1S/C10H20N2O4S/c1-11-5-3-9(7-11)8-12(2)17(15,16)6-4-10(13)14/h9H,3-8H2,1-2H3,(H,13,14). The van der Waals surface area contributed by atoms with E-state index in [-0.39, 0.29) is 12.2 Å². The van der Waals surface area contributed by atoms with Gasteiger partial charge in [-0.1, -0.05) is 0 Å². The van der Waals surface area contributed by atoms with Gasteiger partial charge in [0.05, 0.1) is 12.2 Å². The first kappa shape index (κ1) is 14.4. The fraction of sp³-hybridized carbons (Fsp3) is 0.900. The summed E-state index contributed by atoms with van der Waals surface area (Å²) in [5.41, 5.74) is 0. The van der Waals surface area contributed by atoms with Crippen molar-refractivity contribution in [1.29, 1.82) is 0 Å². The predicted octanol–water partition coefficient (Wildman–Crippen LogP) is -0.326. The SMILES string of the molecule is CN1CCC(CN(C)S(=O)(=O)CCC(=O)O)C1. The van der Waals surface area contributed by atoms with Crippen LogP contribution < -0.4 is 0 Å². The third kappa shape index (κ3) is 4.61. The van der Waals surface area contributed by atoms with Gasteiger partial charge in [-0.25, -0.2) is 12.7 Å². The Morgan fingerprint density at radius 1 is 1.53 bits per heavy atom. The summed E-state index contributed by atoms with van der Waals surface area (Å²) in [5, 5.41) is 8.49. The first-order chi connectivity index (χ1) is 7.81. The largest absolute Gasteiger partial charge is 0.481 e. The molecular formula is C10H20N2O4S. The van der Waals surface area contributed by atoms with E-state index in [0.717, 1.165) is 19.5 Å². The predicted molar refractivity (Wildman–Crippen MR) is 64.3 cm³/mol. The Morgan fingerprint density at radius 2 is 2.18 bits per heavy atom. The number of hydrogen-bond acceptors (Lipinski definition) is 4. The zero-order chi connectivity index (χ0) is 13.1. The average molecular weight is 264 g/mol. The molecule has 0 amide bonds. The fourth-order valence-electron chi connectivity index (χ4n) is 2.02. The van der Waals surface area contributed by atoms with Crippen LogP contribution in [0.15, 0.2) is 0 Å². The first-order valence-corrected chi connectivity index (χ1v) is 7.26. The van der Waals surface area contributed by atoms with E-state index in [9.17, 15) is 13.2 Å². The van der Waals surface area contributed by atoms with E-state index in [1.54, 1.807) is 0 Å². The number of nitrogens with zero attached hydrogens (tertiary/aromatic N) is 2. The molecule has 0 saturated carbocycles. The molecule has 17 heavy (non-hydrogen) atoms. The van der Waals surface area contributed by atoms with Crippen molar-refractivity contribution in [2.24, 2.45) is 5.92 Å². The molecule has 0 aromatic heterocycles. The van der Waals surface area contributed by atoms with Crippen LogP contribution in [0.2, 0.25) is 0 Å². The highest BCUT2D eigenvalue weighted by atomic mass is 32.2. The van der Waals surface area contributed by atoms with Crippen LogP contribution in [0.5, 0.6) is 0 Å². The van der Waals surface area contributed by atoms with Gasteiger partial charge in [-0.2, -0.15) is 0 Å². The highest BCUT2D eigenvalue weighted by Gasteiger charge is 2.26. The second-order valence-corrected chi connectivity index (χ2v) is 6.85. The fourth-order valence-corrected chi connectivity index (χ4v) is 3.21. The molecule has 1 N–H and O–H groups in total. The van der Waals surface area contributed by atoms with E-state index in [1.165, 1.54) is 11.4 Å². The number of sulfonamides is 1. The van der Waals surface area contributed by atoms with Gasteiger partial charge in [-0.15, -0.1) is 0 Å². The van der Waals surface area contributed by atoms with E-state index < -0.39 is 16.0 Å². The van der Waals surface area contributed by atoms with Crippen LogP contribution in [0.4, 0.5) is 0 Å². The molecular weight excluding hydrogens is 244 g/mol. The quantitative estimate of drug-likeness (QED) is 0.711. The summed E-state index contributed by atoms with van der Waals surface area (Å²) in [6.07, 6.45) is 0.659. The van der Waals surface area contributed by atoms with E-state index in [1.807, 2.05) is 7.05 Å². The summed E-state index contributed by atoms with van der Waals surface area (Å²) >= 11 is 0. The lowest BCUT2D eigenvalue weighted by molar-refractivity contribution is -0.136. The van der Waals surface area contributed by atoms with E-state index in [4.69, 9.17) is 5.11 Å². The highest BCUT2D eigenvalue weighted by Crippen LogP contribution is 2.16. The summed E-state index contributed by atoms with van der Waals surface area (Å²) in [6.45, 7) is 2.37. The van der Waals surface area contributed by atoms with Crippen molar-refractivity contribution in [3.8, 4) is 0 Å². The lowest BCUT2D eigenvalue weighted by atomic mass is 10.1. The van der Waals surface area contributed by atoms with Crippen molar-refractivity contribution >= 4 is 16.0 Å². The monoisotopic (exact) mass is 264 g/mol. The number of likely N-dealkylation sites (tertiary alicyclic amines) is 1. The number of rotatable bonds is 6. The molecule has 0 aromatic carbocycles. The Hall–Kier alpha value is -0.660. The van der Waals surface area contributed by atoms with Crippen molar-refractivity contribution in [2.45, 2.75) is 12.8 Å². The summed E-state index contributed by atoms with van der Waals surface area (Å²) in [7, 11) is 0.110. The van der Waals surface area contributed by atoms with Gasteiger partial charge < -0.3 is 10.0 Å². The maximum Gasteiger partial charge on any atom is 0.304 e. The van der Waals surface area contributed by atoms with Gasteiger partial charge in [-0.05, 0) is 25.9 Å². The van der Waals surface area contributed by atoms with Crippen LogP contribution in [-0.4, -0.2) is 68.2 Å². The second-order valence-electron chi connectivity index (χ2n) is 4.66. The number of aliphatic carboxylic acids is 1. The van der Waals surface area contributed by atoms with Crippen LogP contribution in [0.1, 0.15) is 12.8 Å². The molecule has 0 bridgehead atoms. The summed E-state index contributed by atoms with van der Waals surface area (Å²) in [4.78, 5) is 12.5. The van der Waals surface area contributed by atoms with Crippen LogP contribution in [0.3, 0.4) is 0 Å². The molecule has 1 aliphatic heterocycles. The topological polar surface area (TPSA) is 77.9 Å². The zero-order valence-corrected chi connectivity index (χ0v) is 11.1. The maximum atomic E-state index is 11.8. The van der Waals surface area contributed by atoms with Gasteiger partial charge in [0.1, 0.15) is 0 Å². The van der Waals surface area contributed by atoms with Crippen molar-refractivity contribution in [1.82, 2.24) is 9.21 Å². The molecule has 1 fully saturated rings. The average Bonchev–Trinajstić information content (AvgIpc) is 2.61. The van der Waals surface area contributed by atoms with E-state index in [2.05, 4.69) is 4.90 Å². The third-order valence-corrected chi connectivity index (χ3v) is 4.87. The Morgan fingerprint density at radius 3 is 2.65 bits per heavy atom. The van der Waals surface area contributed by atoms with Gasteiger partial charge in [0, 0.05) is 20.1 Å². The summed E-state index contributed by atoms with van der Waals surface area (Å²) in [6, 6.07) is 0. The summed E-state index contributed by atoms with van der Waals surface area (Å²) < 4.78 is 24.8. The Kier molecular flexibility index (Phi) is 4.91.